The Kier molecular flexibility index (Phi) is 4.25. The maximum Gasteiger partial charge on any atom is 0.314 e. The molecule has 1 aromatic carbocycles. The molecule has 1 aliphatic carbocycles. The molecule has 3 rings (SSSR count). The first-order valence-electron chi connectivity index (χ1n) is 7.51. The number of fused-ring (bicyclic) bond motifs is 1. The molecule has 122 valence electrons. The van der Waals surface area contributed by atoms with Crippen molar-refractivity contribution >= 4 is 5.78 Å². The van der Waals surface area contributed by atoms with Crippen molar-refractivity contribution in [2.45, 2.75) is 32.1 Å². The van der Waals surface area contributed by atoms with Crippen molar-refractivity contribution < 1.29 is 29.5 Å². The second-order valence-electron chi connectivity index (χ2n) is 5.64. The molecule has 0 amide bonds. The average Bonchev–Trinajstić information content (AvgIpc) is 2.93. The standard InChI is InChI=1S/C17H18O6/c1-10(23-20)22-14-8-15-16(13(18)9-21-15)17(19)12(14)7-11-5-3-2-4-6-11/h5,8,19-20H,1-4,6-7,9H2. The molecule has 0 fully saturated rings. The molecule has 0 atom stereocenters. The third-order valence-electron chi connectivity index (χ3n) is 4.08. The van der Waals surface area contributed by atoms with E-state index in [0.29, 0.717) is 12.0 Å². The number of carbonyl (C=O) groups is 1. The molecule has 0 bridgehead atoms. The SMILES string of the molecule is C=C(OO)Oc1cc2c(c(O)c1CC1=CCCCC1)C(=O)CO2. The van der Waals surface area contributed by atoms with Crippen molar-refractivity contribution in [2.75, 3.05) is 6.61 Å². The van der Waals surface area contributed by atoms with E-state index in [4.69, 9.17) is 14.7 Å². The highest BCUT2D eigenvalue weighted by Gasteiger charge is 2.30. The molecule has 1 aromatic rings. The summed E-state index contributed by atoms with van der Waals surface area (Å²) in [7, 11) is 0. The minimum Gasteiger partial charge on any atom is -0.507 e. The molecule has 2 N–H and O–H groups in total. The molecule has 0 aromatic heterocycles. The van der Waals surface area contributed by atoms with Crippen LogP contribution in [0.5, 0.6) is 17.2 Å². The van der Waals surface area contributed by atoms with Crippen LogP contribution in [0.1, 0.15) is 41.6 Å². The average molecular weight is 318 g/mol. The van der Waals surface area contributed by atoms with Gasteiger partial charge >= 0.3 is 5.95 Å². The molecule has 0 unspecified atom stereocenters. The lowest BCUT2D eigenvalue weighted by Gasteiger charge is -2.18. The highest BCUT2D eigenvalue weighted by molar-refractivity contribution is 6.05. The van der Waals surface area contributed by atoms with Crippen LogP contribution in [0.4, 0.5) is 0 Å². The summed E-state index contributed by atoms with van der Waals surface area (Å²) in [6, 6.07) is 1.52. The Morgan fingerprint density at radius 1 is 1.39 bits per heavy atom. The fourth-order valence-corrected chi connectivity index (χ4v) is 2.96. The minimum absolute atomic E-state index is 0.105. The maximum absolute atomic E-state index is 11.9. The van der Waals surface area contributed by atoms with Gasteiger partial charge in [-0.3, -0.25) is 4.79 Å². The Bertz CT molecular complexity index is 689. The molecule has 6 nitrogen and oxygen atoms in total. The van der Waals surface area contributed by atoms with Gasteiger partial charge in [-0.1, -0.05) is 11.6 Å². The van der Waals surface area contributed by atoms with Crippen molar-refractivity contribution in [2.24, 2.45) is 0 Å². The first-order valence-corrected chi connectivity index (χ1v) is 7.51. The van der Waals surface area contributed by atoms with Crippen LogP contribution in [-0.4, -0.2) is 22.8 Å². The van der Waals surface area contributed by atoms with E-state index in [9.17, 15) is 9.90 Å². The van der Waals surface area contributed by atoms with E-state index in [1.807, 2.05) is 0 Å². The van der Waals surface area contributed by atoms with Gasteiger partial charge in [0.2, 0.25) is 5.78 Å². The summed E-state index contributed by atoms with van der Waals surface area (Å²) < 4.78 is 10.6. The summed E-state index contributed by atoms with van der Waals surface area (Å²) >= 11 is 0. The normalized spacial score (nSPS) is 16.4. The molecule has 2 aliphatic rings. The van der Waals surface area contributed by atoms with Gasteiger partial charge in [0, 0.05) is 18.1 Å². The number of phenols is 1. The molecule has 0 saturated carbocycles. The highest BCUT2D eigenvalue weighted by Crippen LogP contribution is 2.43. The van der Waals surface area contributed by atoms with Gasteiger partial charge in [-0.05, 0) is 32.3 Å². The number of ether oxygens (including phenoxy) is 2. The van der Waals surface area contributed by atoms with Gasteiger partial charge in [0.15, 0.2) is 6.61 Å². The Balaban J connectivity index is 2.02. The van der Waals surface area contributed by atoms with Crippen LogP contribution in [0.3, 0.4) is 0 Å². The van der Waals surface area contributed by atoms with E-state index in [1.54, 1.807) is 0 Å². The van der Waals surface area contributed by atoms with Gasteiger partial charge < -0.3 is 19.5 Å². The quantitative estimate of drug-likeness (QED) is 0.375. The first kappa shape index (κ1) is 15.4. The van der Waals surface area contributed by atoms with Gasteiger partial charge in [0.05, 0.1) is 0 Å². The van der Waals surface area contributed by atoms with E-state index in [2.05, 4.69) is 17.5 Å². The lowest BCUT2D eigenvalue weighted by atomic mass is 9.92. The van der Waals surface area contributed by atoms with E-state index < -0.39 is 0 Å². The van der Waals surface area contributed by atoms with Crippen molar-refractivity contribution in [3.05, 3.63) is 41.4 Å². The number of aromatic hydroxyl groups is 1. The maximum atomic E-state index is 11.9. The number of Topliss-reactive ketones (excluding diaryl/α,β-unsaturated/α-hetero) is 1. The Morgan fingerprint density at radius 2 is 2.22 bits per heavy atom. The Morgan fingerprint density at radius 3 is 2.91 bits per heavy atom. The lowest BCUT2D eigenvalue weighted by Crippen LogP contribution is -2.04. The van der Waals surface area contributed by atoms with E-state index in [0.717, 1.165) is 25.7 Å². The van der Waals surface area contributed by atoms with E-state index >= 15 is 0 Å². The summed E-state index contributed by atoms with van der Waals surface area (Å²) in [5, 5.41) is 19.2. The first-order chi connectivity index (χ1) is 11.1. The predicted molar refractivity (Wildman–Crippen MR) is 81.7 cm³/mol. The second-order valence-corrected chi connectivity index (χ2v) is 5.64. The Hall–Kier alpha value is -2.47. The fraction of sp³-hybridized carbons (Fsp3) is 0.353. The van der Waals surface area contributed by atoms with Crippen LogP contribution in [0.15, 0.2) is 30.2 Å². The molecule has 1 heterocycles. The Labute approximate surface area is 133 Å². The smallest absolute Gasteiger partial charge is 0.314 e. The number of benzene rings is 1. The van der Waals surface area contributed by atoms with Crippen molar-refractivity contribution in [1.82, 2.24) is 0 Å². The summed E-state index contributed by atoms with van der Waals surface area (Å²) in [5.74, 6) is -0.221. The van der Waals surface area contributed by atoms with Crippen LogP contribution >= 0.6 is 0 Å². The van der Waals surface area contributed by atoms with Crippen LogP contribution in [0.25, 0.3) is 0 Å². The van der Waals surface area contributed by atoms with Crippen LogP contribution in [0.2, 0.25) is 0 Å². The third kappa shape index (κ3) is 3.03. The molecule has 6 heteroatoms. The molecule has 0 spiro atoms. The van der Waals surface area contributed by atoms with Gasteiger partial charge in [-0.2, -0.15) is 5.26 Å². The van der Waals surface area contributed by atoms with Crippen molar-refractivity contribution in [3.8, 4) is 17.2 Å². The van der Waals surface area contributed by atoms with Gasteiger partial charge in [0.25, 0.3) is 0 Å². The molecular formula is C17H18O6. The summed E-state index contributed by atoms with van der Waals surface area (Å²) in [6.45, 7) is 3.29. The van der Waals surface area contributed by atoms with E-state index in [1.165, 1.54) is 11.6 Å². The number of carbonyl (C=O) groups excluding carboxylic acids is 1. The number of allylic oxidation sites excluding steroid dienone is 2. The number of rotatable bonds is 5. The molecular weight excluding hydrogens is 300 g/mol. The number of hydrogen-bond donors (Lipinski definition) is 2. The largest absolute Gasteiger partial charge is 0.507 e. The molecule has 1 aliphatic heterocycles. The molecule has 23 heavy (non-hydrogen) atoms. The van der Waals surface area contributed by atoms with Gasteiger partial charge in [-0.25, -0.2) is 0 Å². The summed E-state index contributed by atoms with van der Waals surface area (Å²) in [5.41, 5.74) is 1.83. The zero-order valence-corrected chi connectivity index (χ0v) is 12.6. The second kappa shape index (κ2) is 6.34. The zero-order valence-electron chi connectivity index (χ0n) is 12.6. The minimum atomic E-state index is -0.326. The lowest BCUT2D eigenvalue weighted by molar-refractivity contribution is -0.230. The topological polar surface area (TPSA) is 85.2 Å². The van der Waals surface area contributed by atoms with Gasteiger partial charge in [0.1, 0.15) is 22.8 Å². The van der Waals surface area contributed by atoms with Gasteiger partial charge in [-0.15, -0.1) is 0 Å². The highest BCUT2D eigenvalue weighted by atomic mass is 17.1. The molecule has 0 saturated heterocycles. The van der Waals surface area contributed by atoms with Crippen LogP contribution in [0, 0.1) is 0 Å². The predicted octanol–water partition coefficient (Wildman–Crippen LogP) is 3.35. The van der Waals surface area contributed by atoms with Crippen molar-refractivity contribution in [3.63, 3.8) is 0 Å². The number of phenolic OH excluding ortho intramolecular Hbond substituents is 1. The number of hydrogen-bond acceptors (Lipinski definition) is 6. The van der Waals surface area contributed by atoms with Crippen LogP contribution < -0.4 is 9.47 Å². The fourth-order valence-electron chi connectivity index (χ4n) is 2.96. The third-order valence-corrected chi connectivity index (χ3v) is 4.08. The zero-order chi connectivity index (χ0) is 16.4. The van der Waals surface area contributed by atoms with Crippen molar-refractivity contribution in [1.29, 1.82) is 0 Å². The molecule has 0 radical (unpaired) electrons. The summed E-state index contributed by atoms with van der Waals surface area (Å²) in [6.07, 6.45) is 6.81. The summed E-state index contributed by atoms with van der Waals surface area (Å²) in [4.78, 5) is 15.9. The monoisotopic (exact) mass is 318 g/mol. The number of ketones is 1. The van der Waals surface area contributed by atoms with E-state index in [-0.39, 0.29) is 41.1 Å². The van der Waals surface area contributed by atoms with Crippen LogP contribution in [-0.2, 0) is 11.3 Å².